The smallest absolute Gasteiger partial charge is 0.389 e. The molecule has 0 aromatic heterocycles. The molecule has 1 atom stereocenters. The lowest BCUT2D eigenvalue weighted by Gasteiger charge is -2.11. The maximum atomic E-state index is 11.7. The third-order valence-electron chi connectivity index (χ3n) is 1.89. The van der Waals surface area contributed by atoms with Gasteiger partial charge in [-0.1, -0.05) is 0 Å². The van der Waals surface area contributed by atoms with Crippen LogP contribution in [-0.4, -0.2) is 31.8 Å². The number of ether oxygens (including phenoxy) is 1. The van der Waals surface area contributed by atoms with Crippen LogP contribution in [0.4, 0.5) is 13.2 Å². The van der Waals surface area contributed by atoms with Gasteiger partial charge < -0.3 is 10.1 Å². The highest BCUT2D eigenvalue weighted by Crippen LogP contribution is 2.21. The lowest BCUT2D eigenvalue weighted by Crippen LogP contribution is -2.35. The SMILES string of the molecule is COC(=O)C(C)NCCCCC(F)(F)F. The van der Waals surface area contributed by atoms with E-state index in [1.807, 2.05) is 0 Å². The van der Waals surface area contributed by atoms with Crippen molar-refractivity contribution in [3.05, 3.63) is 0 Å². The standard InChI is InChI=1S/C9H16F3NO2/c1-7(8(14)15-2)13-6-4-3-5-9(10,11)12/h7,13H,3-6H2,1-2H3. The number of halogens is 3. The van der Waals surface area contributed by atoms with Crippen LogP contribution in [0.25, 0.3) is 0 Å². The maximum Gasteiger partial charge on any atom is 0.389 e. The summed E-state index contributed by atoms with van der Waals surface area (Å²) >= 11 is 0. The number of nitrogens with one attached hydrogen (secondary N) is 1. The topological polar surface area (TPSA) is 38.3 Å². The van der Waals surface area contributed by atoms with Crippen LogP contribution in [0, 0.1) is 0 Å². The van der Waals surface area contributed by atoms with Crippen LogP contribution in [0.15, 0.2) is 0 Å². The second kappa shape index (κ2) is 6.66. The Morgan fingerprint density at radius 2 is 2.00 bits per heavy atom. The highest BCUT2D eigenvalue weighted by atomic mass is 19.4. The minimum absolute atomic E-state index is 0.0738. The molecule has 0 saturated heterocycles. The molecule has 15 heavy (non-hydrogen) atoms. The van der Waals surface area contributed by atoms with Gasteiger partial charge in [0.1, 0.15) is 6.04 Å². The van der Waals surface area contributed by atoms with E-state index < -0.39 is 24.6 Å². The number of hydrogen-bond acceptors (Lipinski definition) is 3. The van der Waals surface area contributed by atoms with Gasteiger partial charge in [0.15, 0.2) is 0 Å². The molecule has 0 bridgehead atoms. The van der Waals surface area contributed by atoms with Gasteiger partial charge in [0.25, 0.3) is 0 Å². The second-order valence-electron chi connectivity index (χ2n) is 3.27. The molecule has 0 aromatic rings. The molecule has 0 amide bonds. The molecule has 0 heterocycles. The van der Waals surface area contributed by atoms with E-state index in [2.05, 4.69) is 10.1 Å². The van der Waals surface area contributed by atoms with E-state index in [1.165, 1.54) is 7.11 Å². The molecule has 0 fully saturated rings. The number of methoxy groups -OCH3 is 1. The van der Waals surface area contributed by atoms with Crippen molar-refractivity contribution in [2.45, 2.75) is 38.4 Å². The molecule has 1 N–H and O–H groups in total. The predicted molar refractivity (Wildman–Crippen MR) is 49.4 cm³/mol. The van der Waals surface area contributed by atoms with Crippen molar-refractivity contribution in [2.24, 2.45) is 0 Å². The Morgan fingerprint density at radius 3 is 2.47 bits per heavy atom. The average molecular weight is 227 g/mol. The fourth-order valence-corrected chi connectivity index (χ4v) is 1.03. The van der Waals surface area contributed by atoms with Crippen LogP contribution >= 0.6 is 0 Å². The average Bonchev–Trinajstić information content (AvgIpc) is 2.14. The lowest BCUT2D eigenvalue weighted by molar-refractivity contribution is -0.143. The van der Waals surface area contributed by atoms with Crippen LogP contribution < -0.4 is 5.32 Å². The van der Waals surface area contributed by atoms with Crippen molar-refractivity contribution in [3.63, 3.8) is 0 Å². The number of alkyl halides is 3. The van der Waals surface area contributed by atoms with Crippen LogP contribution in [0.1, 0.15) is 26.2 Å². The van der Waals surface area contributed by atoms with Gasteiger partial charge in [-0.15, -0.1) is 0 Å². The maximum absolute atomic E-state index is 11.7. The van der Waals surface area contributed by atoms with Crippen molar-refractivity contribution in [1.82, 2.24) is 5.32 Å². The Balaban J connectivity index is 3.43. The number of unbranched alkanes of at least 4 members (excludes halogenated alkanes) is 1. The predicted octanol–water partition coefficient (Wildman–Crippen LogP) is 1.87. The number of carbonyl (C=O) groups is 1. The molecule has 0 aliphatic rings. The van der Waals surface area contributed by atoms with Gasteiger partial charge in [0.2, 0.25) is 0 Å². The molecule has 6 heteroatoms. The van der Waals surface area contributed by atoms with Crippen LogP contribution in [0.3, 0.4) is 0 Å². The largest absolute Gasteiger partial charge is 0.468 e. The van der Waals surface area contributed by atoms with Crippen molar-refractivity contribution < 1.29 is 22.7 Å². The molecule has 1 unspecified atom stereocenters. The number of carbonyl (C=O) groups excluding carboxylic acids is 1. The van der Waals surface area contributed by atoms with Crippen molar-refractivity contribution >= 4 is 5.97 Å². The summed E-state index contributed by atoms with van der Waals surface area (Å²) in [6.07, 6.45) is -4.40. The fourth-order valence-electron chi connectivity index (χ4n) is 1.03. The molecule has 0 aromatic carbocycles. The molecular weight excluding hydrogens is 211 g/mol. The first-order chi connectivity index (χ1) is 6.87. The lowest BCUT2D eigenvalue weighted by atomic mass is 10.2. The summed E-state index contributed by atoms with van der Waals surface area (Å²) < 4.78 is 39.6. The minimum Gasteiger partial charge on any atom is -0.468 e. The Morgan fingerprint density at radius 1 is 1.40 bits per heavy atom. The summed E-state index contributed by atoms with van der Waals surface area (Å²) in [7, 11) is 1.27. The number of esters is 1. The van der Waals surface area contributed by atoms with Gasteiger partial charge in [-0.25, -0.2) is 0 Å². The molecule has 90 valence electrons. The number of hydrogen-bond donors (Lipinski definition) is 1. The molecule has 0 saturated carbocycles. The summed E-state index contributed by atoms with van der Waals surface area (Å²) in [5.74, 6) is -0.411. The van der Waals surface area contributed by atoms with E-state index in [0.717, 1.165) is 0 Å². The zero-order chi connectivity index (χ0) is 11.9. The van der Waals surface area contributed by atoms with E-state index in [1.54, 1.807) is 6.92 Å². The third kappa shape index (κ3) is 8.23. The summed E-state index contributed by atoms with van der Waals surface area (Å²) in [6.45, 7) is 1.99. The summed E-state index contributed by atoms with van der Waals surface area (Å²) in [6, 6.07) is -0.471. The first-order valence-electron chi connectivity index (χ1n) is 4.75. The highest BCUT2D eigenvalue weighted by Gasteiger charge is 2.25. The van der Waals surface area contributed by atoms with E-state index in [0.29, 0.717) is 13.0 Å². The van der Waals surface area contributed by atoms with E-state index >= 15 is 0 Å². The molecule has 3 nitrogen and oxygen atoms in total. The zero-order valence-electron chi connectivity index (χ0n) is 8.86. The first kappa shape index (κ1) is 14.2. The Labute approximate surface area is 87.0 Å². The van der Waals surface area contributed by atoms with E-state index in [4.69, 9.17) is 0 Å². The van der Waals surface area contributed by atoms with Gasteiger partial charge in [-0.2, -0.15) is 13.2 Å². The van der Waals surface area contributed by atoms with Gasteiger partial charge in [0.05, 0.1) is 7.11 Å². The Bertz CT molecular complexity index is 194. The minimum atomic E-state index is -4.09. The summed E-state index contributed by atoms with van der Waals surface area (Å²) in [5, 5.41) is 2.78. The Kier molecular flexibility index (Phi) is 6.31. The highest BCUT2D eigenvalue weighted by molar-refractivity contribution is 5.74. The number of rotatable bonds is 6. The molecular formula is C9H16F3NO2. The van der Waals surface area contributed by atoms with E-state index in [9.17, 15) is 18.0 Å². The second-order valence-corrected chi connectivity index (χ2v) is 3.27. The fraction of sp³-hybridized carbons (Fsp3) is 0.889. The molecule has 0 rings (SSSR count). The van der Waals surface area contributed by atoms with Gasteiger partial charge in [-0.3, -0.25) is 4.79 Å². The van der Waals surface area contributed by atoms with Gasteiger partial charge >= 0.3 is 12.1 Å². The molecule has 0 radical (unpaired) electrons. The molecule has 0 aliphatic carbocycles. The normalized spacial score (nSPS) is 13.7. The zero-order valence-corrected chi connectivity index (χ0v) is 8.86. The molecule has 0 aliphatic heterocycles. The summed E-state index contributed by atoms with van der Waals surface area (Å²) in [5.41, 5.74) is 0. The van der Waals surface area contributed by atoms with Gasteiger partial charge in [-0.05, 0) is 26.3 Å². The van der Waals surface area contributed by atoms with Crippen LogP contribution in [0.5, 0.6) is 0 Å². The first-order valence-corrected chi connectivity index (χ1v) is 4.75. The Hall–Kier alpha value is -0.780. The third-order valence-corrected chi connectivity index (χ3v) is 1.89. The molecule has 0 spiro atoms. The summed E-state index contributed by atoms with van der Waals surface area (Å²) in [4.78, 5) is 10.9. The van der Waals surface area contributed by atoms with Crippen molar-refractivity contribution in [1.29, 1.82) is 0 Å². The van der Waals surface area contributed by atoms with Crippen LogP contribution in [0.2, 0.25) is 0 Å². The van der Waals surface area contributed by atoms with Crippen LogP contribution in [-0.2, 0) is 9.53 Å². The van der Waals surface area contributed by atoms with Gasteiger partial charge in [0, 0.05) is 6.42 Å². The quantitative estimate of drug-likeness (QED) is 0.556. The van der Waals surface area contributed by atoms with E-state index in [-0.39, 0.29) is 6.42 Å². The van der Waals surface area contributed by atoms with Crippen molar-refractivity contribution in [3.8, 4) is 0 Å². The van der Waals surface area contributed by atoms with Crippen molar-refractivity contribution in [2.75, 3.05) is 13.7 Å². The monoisotopic (exact) mass is 227 g/mol.